The molecule has 1 aromatic heterocycles. The zero-order valence-electron chi connectivity index (χ0n) is 20.2. The number of nitrogens with zero attached hydrogens (tertiary/aromatic N) is 2. The third-order valence-corrected chi connectivity index (χ3v) is 5.27. The second-order valence-corrected chi connectivity index (χ2v) is 8.28. The first-order valence-electron chi connectivity index (χ1n) is 11.6. The van der Waals surface area contributed by atoms with Gasteiger partial charge in [-0.05, 0) is 55.0 Å². The summed E-state index contributed by atoms with van der Waals surface area (Å²) in [6.45, 7) is 6.38. The second-order valence-electron chi connectivity index (χ2n) is 7.87. The van der Waals surface area contributed by atoms with Crippen molar-refractivity contribution >= 4 is 23.2 Å². The van der Waals surface area contributed by atoms with E-state index in [0.29, 0.717) is 17.7 Å². The van der Waals surface area contributed by atoms with Crippen LogP contribution in [0.2, 0.25) is 0 Å². The molecular formula is C25H28F2N6O3S. The van der Waals surface area contributed by atoms with Crippen LogP contribution in [0.5, 0.6) is 0 Å². The minimum atomic E-state index is -0.740. The van der Waals surface area contributed by atoms with Gasteiger partial charge < -0.3 is 15.4 Å². The summed E-state index contributed by atoms with van der Waals surface area (Å²) in [5.41, 5.74) is 6.11. The summed E-state index contributed by atoms with van der Waals surface area (Å²) in [5.74, 6) is -1.89. The molecule has 0 bridgehead atoms. The highest BCUT2D eigenvalue weighted by atomic mass is 32.1. The van der Waals surface area contributed by atoms with Crippen molar-refractivity contribution in [2.45, 2.75) is 13.5 Å². The number of hydrogen-bond acceptors (Lipinski definition) is 6. The molecule has 196 valence electrons. The van der Waals surface area contributed by atoms with Crippen molar-refractivity contribution in [3.63, 3.8) is 0 Å². The fraction of sp³-hybridized carbons (Fsp3) is 0.280. The number of morpholine rings is 1. The first-order chi connectivity index (χ1) is 17.9. The Morgan fingerprint density at radius 3 is 2.43 bits per heavy atom. The molecule has 9 nitrogen and oxygen atoms in total. The molecule has 0 radical (unpaired) electrons. The number of thiocarbonyl (C=S) groups is 1. The lowest BCUT2D eigenvalue weighted by Crippen LogP contribution is -2.46. The Labute approximate surface area is 218 Å². The minimum absolute atomic E-state index is 0.0643. The molecular weight excluding hydrogens is 502 g/mol. The Balaban J connectivity index is 0.000000555. The fourth-order valence-corrected chi connectivity index (χ4v) is 3.50. The molecule has 1 amide bonds. The van der Waals surface area contributed by atoms with E-state index in [9.17, 15) is 18.4 Å². The van der Waals surface area contributed by atoms with Crippen LogP contribution in [0.1, 0.15) is 22.8 Å². The average molecular weight is 531 g/mol. The second kappa shape index (κ2) is 14.1. The van der Waals surface area contributed by atoms with Gasteiger partial charge in [0.15, 0.2) is 5.11 Å². The van der Waals surface area contributed by atoms with Crippen LogP contribution in [-0.2, 0) is 11.3 Å². The topological polar surface area (TPSA) is 109 Å². The Morgan fingerprint density at radius 2 is 1.81 bits per heavy atom. The first-order valence-corrected chi connectivity index (χ1v) is 12.0. The molecule has 2 heterocycles. The summed E-state index contributed by atoms with van der Waals surface area (Å²) in [7, 11) is 0. The van der Waals surface area contributed by atoms with Crippen LogP contribution in [0, 0.1) is 11.6 Å². The van der Waals surface area contributed by atoms with Crippen LogP contribution in [0.25, 0.3) is 11.3 Å². The summed E-state index contributed by atoms with van der Waals surface area (Å²) in [6, 6.07) is 12.3. The number of halogens is 2. The largest absolute Gasteiger partial charge is 0.379 e. The summed E-state index contributed by atoms with van der Waals surface area (Å²) >= 11 is 4.99. The number of benzene rings is 2. The number of carbonyl (C=O) groups excluding carboxylic acids is 1. The van der Waals surface area contributed by atoms with Gasteiger partial charge in [-0.1, -0.05) is 12.1 Å². The van der Waals surface area contributed by atoms with Gasteiger partial charge in [0.05, 0.1) is 25.5 Å². The van der Waals surface area contributed by atoms with Crippen LogP contribution in [0.3, 0.4) is 0 Å². The van der Waals surface area contributed by atoms with E-state index in [1.807, 2.05) is 6.92 Å². The average Bonchev–Trinajstić information content (AvgIpc) is 2.90. The molecule has 1 fully saturated rings. The number of hydrogen-bond donors (Lipinski definition) is 4. The monoisotopic (exact) mass is 530 g/mol. The first kappa shape index (κ1) is 27.8. The van der Waals surface area contributed by atoms with E-state index in [4.69, 9.17) is 17.0 Å². The molecule has 1 saturated heterocycles. The van der Waals surface area contributed by atoms with Crippen molar-refractivity contribution in [1.82, 2.24) is 31.3 Å². The zero-order chi connectivity index (χ0) is 26.6. The van der Waals surface area contributed by atoms with Crippen molar-refractivity contribution < 1.29 is 18.3 Å². The third kappa shape index (κ3) is 9.01. The van der Waals surface area contributed by atoms with Crippen LogP contribution in [0.15, 0.2) is 59.4 Å². The fourth-order valence-electron chi connectivity index (χ4n) is 3.31. The van der Waals surface area contributed by atoms with Gasteiger partial charge in [-0.25, -0.2) is 13.5 Å². The van der Waals surface area contributed by atoms with E-state index in [2.05, 4.69) is 26.6 Å². The van der Waals surface area contributed by atoms with Crippen LogP contribution in [-0.4, -0.2) is 53.6 Å². The molecule has 0 unspecified atom stereocenters. The van der Waals surface area contributed by atoms with Crippen molar-refractivity contribution in [3.05, 3.63) is 87.7 Å². The maximum Gasteiger partial charge on any atom is 0.269 e. The number of hydrazine groups is 1. The molecule has 0 aliphatic carbocycles. The van der Waals surface area contributed by atoms with Gasteiger partial charge in [-0.15, -0.1) is 0 Å². The highest BCUT2D eigenvalue weighted by Crippen LogP contribution is 2.18. The summed E-state index contributed by atoms with van der Waals surface area (Å²) in [4.78, 5) is 24.6. The van der Waals surface area contributed by atoms with Crippen LogP contribution >= 0.6 is 12.2 Å². The third-order valence-electron chi connectivity index (χ3n) is 5.02. The van der Waals surface area contributed by atoms with Crippen molar-refractivity contribution in [3.8, 4) is 11.3 Å². The maximum atomic E-state index is 13.5. The highest BCUT2D eigenvalue weighted by Gasteiger charge is 2.10. The standard InChI is InChI=1S/C21H19F2N5O2S.C4H9NO/c1-2-24-21(31)26-25-20(30)14-5-3-4-13(8-14)12-28-19(29)7-6-18(27-28)15-9-16(22)11-17(23)10-15;1-3-6-4-2-5-1/h3-11H,2,12H2,1H3,(H,25,30)(H2,24,26,31);5H,1-4H2. The molecule has 0 atom stereocenters. The SMILES string of the molecule is C1COCCN1.CCNC(=S)NNC(=O)c1cccc(Cn2nc(-c3cc(F)cc(F)c3)ccc2=O)c1. The number of ether oxygens (including phenoxy) is 1. The van der Waals surface area contributed by atoms with E-state index < -0.39 is 23.1 Å². The molecule has 1 aliphatic rings. The lowest BCUT2D eigenvalue weighted by Gasteiger charge is -2.11. The molecule has 4 rings (SSSR count). The zero-order valence-corrected chi connectivity index (χ0v) is 21.0. The summed E-state index contributed by atoms with van der Waals surface area (Å²) < 4.78 is 33.2. The Bertz CT molecular complexity index is 1250. The highest BCUT2D eigenvalue weighted by molar-refractivity contribution is 7.80. The molecule has 2 aromatic carbocycles. The lowest BCUT2D eigenvalue weighted by atomic mass is 10.1. The number of rotatable bonds is 5. The predicted molar refractivity (Wildman–Crippen MR) is 140 cm³/mol. The Kier molecular flexibility index (Phi) is 10.6. The van der Waals surface area contributed by atoms with Gasteiger partial charge in [0, 0.05) is 42.9 Å². The smallest absolute Gasteiger partial charge is 0.269 e. The van der Waals surface area contributed by atoms with Crippen LogP contribution in [0.4, 0.5) is 8.78 Å². The number of amides is 1. The molecule has 0 spiro atoms. The van der Waals surface area contributed by atoms with Gasteiger partial charge in [-0.2, -0.15) is 5.10 Å². The van der Waals surface area contributed by atoms with E-state index >= 15 is 0 Å². The maximum absolute atomic E-state index is 13.5. The van der Waals surface area contributed by atoms with E-state index in [-0.39, 0.29) is 22.9 Å². The Hall–Kier alpha value is -3.74. The molecule has 1 aliphatic heterocycles. The van der Waals surface area contributed by atoms with E-state index in [0.717, 1.165) is 49.2 Å². The van der Waals surface area contributed by atoms with Crippen molar-refractivity contribution in [2.75, 3.05) is 32.8 Å². The molecule has 0 saturated carbocycles. The van der Waals surface area contributed by atoms with E-state index in [1.54, 1.807) is 24.3 Å². The number of nitrogens with one attached hydrogen (secondary N) is 4. The molecule has 12 heteroatoms. The minimum Gasteiger partial charge on any atom is -0.379 e. The Morgan fingerprint density at radius 1 is 1.08 bits per heavy atom. The van der Waals surface area contributed by atoms with Gasteiger partial charge in [-0.3, -0.25) is 20.4 Å². The number of carbonyl (C=O) groups is 1. The normalized spacial score (nSPS) is 12.6. The summed E-state index contributed by atoms with van der Waals surface area (Å²) in [6.07, 6.45) is 0. The van der Waals surface area contributed by atoms with Gasteiger partial charge in [0.1, 0.15) is 11.6 Å². The van der Waals surface area contributed by atoms with E-state index in [1.165, 1.54) is 12.1 Å². The van der Waals surface area contributed by atoms with Crippen molar-refractivity contribution in [1.29, 1.82) is 0 Å². The van der Waals surface area contributed by atoms with Gasteiger partial charge >= 0.3 is 0 Å². The lowest BCUT2D eigenvalue weighted by molar-refractivity contribution is 0.0943. The summed E-state index contributed by atoms with van der Waals surface area (Å²) in [5, 5.41) is 10.5. The van der Waals surface area contributed by atoms with Gasteiger partial charge in [0.2, 0.25) is 0 Å². The predicted octanol–water partition coefficient (Wildman–Crippen LogP) is 1.97. The quantitative estimate of drug-likeness (QED) is 0.293. The van der Waals surface area contributed by atoms with Crippen molar-refractivity contribution in [2.24, 2.45) is 0 Å². The molecule has 3 aromatic rings. The molecule has 4 N–H and O–H groups in total. The number of aromatic nitrogens is 2. The molecule has 37 heavy (non-hydrogen) atoms. The van der Waals surface area contributed by atoms with Crippen LogP contribution < -0.4 is 27.0 Å². The van der Waals surface area contributed by atoms with Gasteiger partial charge in [0.25, 0.3) is 11.5 Å².